The quantitative estimate of drug-likeness (QED) is 0.720. The summed E-state index contributed by atoms with van der Waals surface area (Å²) in [6.45, 7) is 0. The lowest BCUT2D eigenvalue weighted by Crippen LogP contribution is -1.98. The highest BCUT2D eigenvalue weighted by Crippen LogP contribution is 2.18. The molecule has 0 atom stereocenters. The molecule has 3 aromatic rings. The summed E-state index contributed by atoms with van der Waals surface area (Å²) in [6.07, 6.45) is 4.74. The molecule has 0 fully saturated rings. The average molecular weight is 243 g/mol. The summed E-state index contributed by atoms with van der Waals surface area (Å²) in [4.78, 5) is 18.8. The van der Waals surface area contributed by atoms with Gasteiger partial charge >= 0.3 is 5.97 Å². The van der Waals surface area contributed by atoms with Crippen LogP contribution < -0.4 is 0 Å². The molecule has 0 radical (unpaired) electrons. The zero-order valence-electron chi connectivity index (χ0n) is 9.48. The van der Waals surface area contributed by atoms with Crippen LogP contribution in [0.15, 0.2) is 30.7 Å². The first-order chi connectivity index (χ1) is 8.66. The van der Waals surface area contributed by atoms with Crippen molar-refractivity contribution in [2.75, 3.05) is 0 Å². The van der Waals surface area contributed by atoms with E-state index in [0.29, 0.717) is 11.6 Å². The molecule has 0 bridgehead atoms. The zero-order chi connectivity index (χ0) is 12.7. The molecule has 3 heterocycles. The van der Waals surface area contributed by atoms with Crippen LogP contribution in [0.4, 0.5) is 0 Å². The number of nitrogens with zero attached hydrogens (tertiary/aromatic N) is 5. The second-order valence-corrected chi connectivity index (χ2v) is 3.79. The van der Waals surface area contributed by atoms with E-state index in [1.54, 1.807) is 24.0 Å². The van der Waals surface area contributed by atoms with Crippen molar-refractivity contribution in [2.45, 2.75) is 0 Å². The minimum absolute atomic E-state index is 0.0191. The Balaban J connectivity index is 2.19. The van der Waals surface area contributed by atoms with Gasteiger partial charge in [-0.05, 0) is 12.1 Å². The van der Waals surface area contributed by atoms with Crippen LogP contribution in [-0.2, 0) is 7.05 Å². The number of pyridine rings is 1. The molecule has 0 aromatic carbocycles. The molecule has 3 rings (SSSR count). The van der Waals surface area contributed by atoms with Gasteiger partial charge in [0.15, 0.2) is 11.5 Å². The Morgan fingerprint density at radius 3 is 2.67 bits per heavy atom. The van der Waals surface area contributed by atoms with E-state index in [9.17, 15) is 4.79 Å². The predicted molar refractivity (Wildman–Crippen MR) is 62.1 cm³/mol. The number of aromatic nitrogens is 5. The number of carboxylic acids is 1. The van der Waals surface area contributed by atoms with Gasteiger partial charge in [-0.15, -0.1) is 5.10 Å². The number of aromatic carboxylic acids is 1. The van der Waals surface area contributed by atoms with Gasteiger partial charge in [-0.25, -0.2) is 14.3 Å². The SMILES string of the molecule is Cn1c(-c2ccncc2)nn2cc(C(=O)O)nc12. The fraction of sp³-hybridized carbons (Fsp3) is 0.0909. The van der Waals surface area contributed by atoms with Gasteiger partial charge in [0.2, 0.25) is 5.78 Å². The van der Waals surface area contributed by atoms with Crippen molar-refractivity contribution in [3.05, 3.63) is 36.4 Å². The summed E-state index contributed by atoms with van der Waals surface area (Å²) in [5, 5.41) is 13.2. The summed E-state index contributed by atoms with van der Waals surface area (Å²) >= 11 is 0. The van der Waals surface area contributed by atoms with Gasteiger partial charge < -0.3 is 5.11 Å². The molecule has 0 unspecified atom stereocenters. The second-order valence-electron chi connectivity index (χ2n) is 3.79. The summed E-state index contributed by atoms with van der Waals surface area (Å²) < 4.78 is 3.20. The van der Waals surface area contributed by atoms with Crippen LogP contribution in [-0.4, -0.2) is 35.2 Å². The van der Waals surface area contributed by atoms with E-state index in [2.05, 4.69) is 15.1 Å². The number of aryl methyl sites for hydroxylation is 1. The van der Waals surface area contributed by atoms with Gasteiger partial charge in [0, 0.05) is 25.0 Å². The van der Waals surface area contributed by atoms with Gasteiger partial charge in [-0.2, -0.15) is 0 Å². The first kappa shape index (κ1) is 10.5. The molecule has 18 heavy (non-hydrogen) atoms. The largest absolute Gasteiger partial charge is 0.476 e. The highest BCUT2D eigenvalue weighted by Gasteiger charge is 2.15. The second kappa shape index (κ2) is 3.66. The normalized spacial score (nSPS) is 10.9. The maximum atomic E-state index is 10.8. The monoisotopic (exact) mass is 243 g/mol. The maximum Gasteiger partial charge on any atom is 0.356 e. The summed E-state index contributed by atoms with van der Waals surface area (Å²) in [5.74, 6) is 0.127. The lowest BCUT2D eigenvalue weighted by atomic mass is 10.2. The van der Waals surface area contributed by atoms with E-state index in [0.717, 1.165) is 5.56 Å². The Morgan fingerprint density at radius 2 is 2.06 bits per heavy atom. The maximum absolute atomic E-state index is 10.8. The molecule has 1 N–H and O–H groups in total. The minimum Gasteiger partial charge on any atom is -0.476 e. The van der Waals surface area contributed by atoms with Crippen LogP contribution in [0.1, 0.15) is 10.5 Å². The molecule has 0 saturated heterocycles. The van der Waals surface area contributed by atoms with E-state index in [1.807, 2.05) is 12.1 Å². The molecule has 7 nitrogen and oxygen atoms in total. The number of hydrogen-bond acceptors (Lipinski definition) is 4. The van der Waals surface area contributed by atoms with E-state index >= 15 is 0 Å². The van der Waals surface area contributed by atoms with Crippen molar-refractivity contribution < 1.29 is 9.90 Å². The molecule has 3 aromatic heterocycles. The first-order valence-electron chi connectivity index (χ1n) is 5.22. The van der Waals surface area contributed by atoms with Crippen molar-refractivity contribution >= 4 is 11.7 Å². The fourth-order valence-corrected chi connectivity index (χ4v) is 1.78. The number of rotatable bonds is 2. The molecule has 0 aliphatic carbocycles. The van der Waals surface area contributed by atoms with E-state index in [-0.39, 0.29) is 5.69 Å². The topological polar surface area (TPSA) is 85.3 Å². The van der Waals surface area contributed by atoms with Crippen LogP contribution in [0, 0.1) is 0 Å². The lowest BCUT2D eigenvalue weighted by Gasteiger charge is -1.98. The van der Waals surface area contributed by atoms with Crippen LogP contribution in [0.2, 0.25) is 0 Å². The van der Waals surface area contributed by atoms with Crippen molar-refractivity contribution in [3.8, 4) is 11.4 Å². The van der Waals surface area contributed by atoms with E-state index in [1.165, 1.54) is 10.7 Å². The molecule has 0 aliphatic heterocycles. The molecule has 7 heteroatoms. The smallest absolute Gasteiger partial charge is 0.356 e. The molecule has 0 amide bonds. The predicted octanol–water partition coefficient (Wildman–Crippen LogP) is 0.828. The van der Waals surface area contributed by atoms with Crippen molar-refractivity contribution in [1.29, 1.82) is 0 Å². The zero-order valence-corrected chi connectivity index (χ0v) is 9.48. The molecule has 0 saturated carbocycles. The van der Waals surface area contributed by atoms with Crippen LogP contribution in [0.5, 0.6) is 0 Å². The van der Waals surface area contributed by atoms with Crippen molar-refractivity contribution in [1.82, 2.24) is 24.1 Å². The average Bonchev–Trinajstić information content (AvgIpc) is 2.91. The van der Waals surface area contributed by atoms with Crippen LogP contribution in [0.3, 0.4) is 0 Å². The van der Waals surface area contributed by atoms with Crippen molar-refractivity contribution in [2.24, 2.45) is 7.05 Å². The third-order valence-corrected chi connectivity index (χ3v) is 2.65. The van der Waals surface area contributed by atoms with Crippen molar-refractivity contribution in [3.63, 3.8) is 0 Å². The molecule has 90 valence electrons. The van der Waals surface area contributed by atoms with Crippen LogP contribution in [0.25, 0.3) is 17.2 Å². The van der Waals surface area contributed by atoms with Gasteiger partial charge in [0.1, 0.15) is 0 Å². The van der Waals surface area contributed by atoms with E-state index in [4.69, 9.17) is 5.11 Å². The minimum atomic E-state index is -1.06. The van der Waals surface area contributed by atoms with Crippen LogP contribution >= 0.6 is 0 Å². The Kier molecular flexibility index (Phi) is 2.12. The lowest BCUT2D eigenvalue weighted by molar-refractivity contribution is 0.0691. The number of hydrogen-bond donors (Lipinski definition) is 1. The fourth-order valence-electron chi connectivity index (χ4n) is 1.78. The summed E-state index contributed by atoms with van der Waals surface area (Å²) in [5.41, 5.74) is 0.879. The highest BCUT2D eigenvalue weighted by atomic mass is 16.4. The summed E-state index contributed by atoms with van der Waals surface area (Å²) in [7, 11) is 1.79. The Bertz CT molecular complexity index is 729. The number of imidazole rings is 1. The molecular weight excluding hydrogens is 234 g/mol. The number of carbonyl (C=O) groups is 1. The number of carboxylic acid groups (broad SMARTS) is 1. The molecule has 0 spiro atoms. The number of fused-ring (bicyclic) bond motifs is 1. The molecular formula is C11H9N5O2. The Hall–Kier alpha value is -2.70. The first-order valence-corrected chi connectivity index (χ1v) is 5.22. The third-order valence-electron chi connectivity index (χ3n) is 2.65. The van der Waals surface area contributed by atoms with E-state index < -0.39 is 5.97 Å². The van der Waals surface area contributed by atoms with Gasteiger partial charge in [0.05, 0.1) is 6.20 Å². The Labute approximate surface area is 101 Å². The summed E-state index contributed by atoms with van der Waals surface area (Å²) in [6, 6.07) is 3.67. The van der Waals surface area contributed by atoms with Gasteiger partial charge in [0.25, 0.3) is 0 Å². The molecule has 0 aliphatic rings. The highest BCUT2D eigenvalue weighted by molar-refractivity contribution is 5.85. The standard InChI is InChI=1S/C11H9N5O2/c1-15-9(7-2-4-12-5-3-7)14-16-6-8(10(17)18)13-11(15)16/h2-6H,1H3,(H,17,18). The Morgan fingerprint density at radius 1 is 1.33 bits per heavy atom. The third kappa shape index (κ3) is 1.45. The van der Waals surface area contributed by atoms with Gasteiger partial charge in [-0.3, -0.25) is 9.55 Å². The van der Waals surface area contributed by atoms with Gasteiger partial charge in [-0.1, -0.05) is 0 Å².